The predicted octanol–water partition coefficient (Wildman–Crippen LogP) is 2.02. The van der Waals surface area contributed by atoms with Gasteiger partial charge in [0.05, 0.1) is 0 Å². The highest BCUT2D eigenvalue weighted by Gasteiger charge is 2.34. The molecular formula is C14H24N2O3S. The Balaban J connectivity index is 1.91. The second-order valence-corrected chi connectivity index (χ2v) is 7.19. The van der Waals surface area contributed by atoms with E-state index >= 15 is 0 Å². The molecule has 114 valence electrons. The first-order chi connectivity index (χ1) is 9.49. The minimum absolute atomic E-state index is 0.192. The number of urea groups is 1. The number of thioether (sulfide) groups is 1. The Bertz CT molecular complexity index is 377. The third-order valence-corrected chi connectivity index (χ3v) is 5.62. The fourth-order valence-electron chi connectivity index (χ4n) is 2.99. The van der Waals surface area contributed by atoms with Crippen molar-refractivity contribution in [3.8, 4) is 0 Å². The molecule has 0 aromatic rings. The van der Waals surface area contributed by atoms with Crippen LogP contribution in [0.15, 0.2) is 0 Å². The van der Waals surface area contributed by atoms with E-state index in [2.05, 4.69) is 19.2 Å². The van der Waals surface area contributed by atoms with Crippen LogP contribution in [0.1, 0.15) is 33.1 Å². The smallest absolute Gasteiger partial charge is 0.327 e. The second kappa shape index (κ2) is 6.70. The van der Waals surface area contributed by atoms with Crippen LogP contribution in [0.25, 0.3) is 0 Å². The average Bonchev–Trinajstić information content (AvgIpc) is 2.43. The first kappa shape index (κ1) is 15.5. The molecule has 1 aliphatic heterocycles. The summed E-state index contributed by atoms with van der Waals surface area (Å²) in [6, 6.07) is -0.698. The predicted molar refractivity (Wildman–Crippen MR) is 80.0 cm³/mol. The quantitative estimate of drug-likeness (QED) is 0.818. The summed E-state index contributed by atoms with van der Waals surface area (Å²) in [5.41, 5.74) is 0. The van der Waals surface area contributed by atoms with Crippen molar-refractivity contribution in [1.82, 2.24) is 10.2 Å². The van der Waals surface area contributed by atoms with Gasteiger partial charge in [0.25, 0.3) is 0 Å². The van der Waals surface area contributed by atoms with Crippen molar-refractivity contribution in [2.45, 2.75) is 45.2 Å². The average molecular weight is 300 g/mol. The number of carbonyl (C=O) groups is 2. The van der Waals surface area contributed by atoms with Gasteiger partial charge in [-0.2, -0.15) is 11.8 Å². The van der Waals surface area contributed by atoms with Gasteiger partial charge in [0.15, 0.2) is 0 Å². The molecule has 4 unspecified atom stereocenters. The molecule has 1 heterocycles. The SMILES string of the molecule is CC1CCC(NC(=O)N2CCSCC2C(=O)O)CC1C. The van der Waals surface area contributed by atoms with Gasteiger partial charge in [-0.25, -0.2) is 9.59 Å². The number of hydrogen-bond acceptors (Lipinski definition) is 3. The van der Waals surface area contributed by atoms with Crippen molar-refractivity contribution >= 4 is 23.8 Å². The van der Waals surface area contributed by atoms with E-state index in [0.29, 0.717) is 24.1 Å². The van der Waals surface area contributed by atoms with E-state index in [9.17, 15) is 14.7 Å². The highest BCUT2D eigenvalue weighted by Crippen LogP contribution is 2.29. The molecule has 2 rings (SSSR count). The molecule has 0 spiro atoms. The minimum Gasteiger partial charge on any atom is -0.480 e. The number of carboxylic acids is 1. The van der Waals surface area contributed by atoms with Crippen molar-refractivity contribution in [2.75, 3.05) is 18.1 Å². The maximum atomic E-state index is 12.3. The molecule has 5 nitrogen and oxygen atoms in total. The van der Waals surface area contributed by atoms with Crippen molar-refractivity contribution < 1.29 is 14.7 Å². The van der Waals surface area contributed by atoms with Crippen LogP contribution in [0.3, 0.4) is 0 Å². The summed E-state index contributed by atoms with van der Waals surface area (Å²) in [5.74, 6) is 1.72. The zero-order valence-corrected chi connectivity index (χ0v) is 13.0. The lowest BCUT2D eigenvalue weighted by molar-refractivity contribution is -0.141. The molecule has 2 N–H and O–H groups in total. The standard InChI is InChI=1S/C14H24N2O3S/c1-9-3-4-11(7-10(9)2)15-14(19)16-5-6-20-8-12(16)13(17)18/h9-12H,3-8H2,1-2H3,(H,15,19)(H,17,18). The van der Waals surface area contributed by atoms with Crippen molar-refractivity contribution in [3.63, 3.8) is 0 Å². The van der Waals surface area contributed by atoms with E-state index in [1.54, 1.807) is 11.8 Å². The number of carbonyl (C=O) groups excluding carboxylic acids is 1. The molecule has 0 aromatic heterocycles. The van der Waals surface area contributed by atoms with E-state index in [4.69, 9.17) is 0 Å². The number of nitrogens with one attached hydrogen (secondary N) is 1. The van der Waals surface area contributed by atoms with Crippen LogP contribution in [0, 0.1) is 11.8 Å². The van der Waals surface area contributed by atoms with E-state index < -0.39 is 12.0 Å². The Morgan fingerprint density at radius 3 is 2.65 bits per heavy atom. The molecule has 1 saturated heterocycles. The van der Waals surface area contributed by atoms with Crippen LogP contribution in [-0.2, 0) is 4.79 Å². The molecule has 2 aliphatic rings. The number of rotatable bonds is 2. The first-order valence-corrected chi connectivity index (χ1v) is 8.52. The van der Waals surface area contributed by atoms with Crippen LogP contribution in [0.5, 0.6) is 0 Å². The number of nitrogens with zero attached hydrogens (tertiary/aromatic N) is 1. The van der Waals surface area contributed by atoms with Crippen molar-refractivity contribution in [1.29, 1.82) is 0 Å². The highest BCUT2D eigenvalue weighted by atomic mass is 32.2. The summed E-state index contributed by atoms with van der Waals surface area (Å²) in [4.78, 5) is 25.0. The molecule has 6 heteroatoms. The van der Waals surface area contributed by atoms with Crippen molar-refractivity contribution in [3.05, 3.63) is 0 Å². The molecule has 2 amide bonds. The lowest BCUT2D eigenvalue weighted by Gasteiger charge is -2.37. The van der Waals surface area contributed by atoms with Crippen molar-refractivity contribution in [2.24, 2.45) is 11.8 Å². The van der Waals surface area contributed by atoms with Crippen LogP contribution in [0.4, 0.5) is 4.79 Å². The molecule has 4 atom stereocenters. The Labute approximate surface area is 124 Å². The maximum Gasteiger partial charge on any atom is 0.327 e. The van der Waals surface area contributed by atoms with Gasteiger partial charge in [-0.15, -0.1) is 0 Å². The molecule has 0 bridgehead atoms. The van der Waals surface area contributed by atoms with E-state index in [-0.39, 0.29) is 12.1 Å². The van der Waals surface area contributed by atoms with E-state index in [0.717, 1.165) is 25.0 Å². The van der Waals surface area contributed by atoms with Crippen LogP contribution in [-0.4, -0.2) is 52.1 Å². The summed E-state index contributed by atoms with van der Waals surface area (Å²) in [7, 11) is 0. The largest absolute Gasteiger partial charge is 0.480 e. The van der Waals surface area contributed by atoms with Crippen LogP contribution >= 0.6 is 11.8 Å². The molecule has 20 heavy (non-hydrogen) atoms. The molecule has 2 fully saturated rings. The Kier molecular flexibility index (Phi) is 5.18. The number of carboxylic acid groups (broad SMARTS) is 1. The molecule has 1 aliphatic carbocycles. The normalized spacial score (nSPS) is 34.6. The third kappa shape index (κ3) is 3.59. The van der Waals surface area contributed by atoms with Crippen LogP contribution < -0.4 is 5.32 Å². The van der Waals surface area contributed by atoms with Gasteiger partial charge in [-0.1, -0.05) is 13.8 Å². The molecular weight excluding hydrogens is 276 g/mol. The van der Waals surface area contributed by atoms with Crippen LogP contribution in [0.2, 0.25) is 0 Å². The van der Waals surface area contributed by atoms with Gasteiger partial charge in [-0.3, -0.25) is 0 Å². The summed E-state index contributed by atoms with van der Waals surface area (Å²) in [6.07, 6.45) is 3.12. The Hall–Kier alpha value is -0.910. The molecule has 1 saturated carbocycles. The second-order valence-electron chi connectivity index (χ2n) is 6.04. The summed E-state index contributed by atoms with van der Waals surface area (Å²) in [6.45, 7) is 5.00. The van der Waals surface area contributed by atoms with Gasteiger partial charge < -0.3 is 15.3 Å². The van der Waals surface area contributed by atoms with Gasteiger partial charge in [0.2, 0.25) is 0 Å². The van der Waals surface area contributed by atoms with Gasteiger partial charge in [-0.05, 0) is 31.1 Å². The monoisotopic (exact) mass is 300 g/mol. The zero-order chi connectivity index (χ0) is 14.7. The maximum absolute atomic E-state index is 12.3. The zero-order valence-electron chi connectivity index (χ0n) is 12.2. The lowest BCUT2D eigenvalue weighted by atomic mass is 9.79. The first-order valence-electron chi connectivity index (χ1n) is 7.36. The molecule has 0 aromatic carbocycles. The molecule has 0 radical (unpaired) electrons. The fourth-order valence-corrected chi connectivity index (χ4v) is 4.03. The van der Waals surface area contributed by atoms with E-state index in [1.165, 1.54) is 4.90 Å². The lowest BCUT2D eigenvalue weighted by Crippen LogP contribution is -2.56. The number of amides is 2. The van der Waals surface area contributed by atoms with Gasteiger partial charge in [0, 0.05) is 24.1 Å². The summed E-state index contributed by atoms with van der Waals surface area (Å²) < 4.78 is 0. The highest BCUT2D eigenvalue weighted by molar-refractivity contribution is 7.99. The number of aliphatic carboxylic acids is 1. The van der Waals surface area contributed by atoms with Gasteiger partial charge in [0.1, 0.15) is 6.04 Å². The Morgan fingerprint density at radius 2 is 2.00 bits per heavy atom. The van der Waals surface area contributed by atoms with E-state index in [1.807, 2.05) is 0 Å². The summed E-state index contributed by atoms with van der Waals surface area (Å²) in [5, 5.41) is 12.2. The number of hydrogen-bond donors (Lipinski definition) is 2. The fraction of sp³-hybridized carbons (Fsp3) is 0.857. The topological polar surface area (TPSA) is 69.6 Å². The Morgan fingerprint density at radius 1 is 1.25 bits per heavy atom. The van der Waals surface area contributed by atoms with Gasteiger partial charge >= 0.3 is 12.0 Å². The summed E-state index contributed by atoms with van der Waals surface area (Å²) >= 11 is 1.60. The minimum atomic E-state index is -0.905. The third-order valence-electron chi connectivity index (χ3n) is 4.60.